The standard InChI is InChI=1S/C9H18N2O4/c1-13-4-5-15-11-9(12)6-8-7-14-3-2-10-8/h8,10H,2-7H2,1H3,(H,11,12). The Morgan fingerprint density at radius 1 is 1.60 bits per heavy atom. The molecule has 1 aliphatic rings. The van der Waals surface area contributed by atoms with Crippen molar-refractivity contribution in [2.45, 2.75) is 12.5 Å². The van der Waals surface area contributed by atoms with Crippen molar-refractivity contribution in [3.05, 3.63) is 0 Å². The van der Waals surface area contributed by atoms with Gasteiger partial charge in [0.25, 0.3) is 0 Å². The zero-order chi connectivity index (χ0) is 10.9. The maximum atomic E-state index is 11.3. The molecular weight excluding hydrogens is 200 g/mol. The van der Waals surface area contributed by atoms with Gasteiger partial charge in [0.05, 0.1) is 26.4 Å². The van der Waals surface area contributed by atoms with E-state index in [0.29, 0.717) is 32.8 Å². The molecule has 1 aliphatic heterocycles. The number of carbonyl (C=O) groups is 1. The number of hydrogen-bond donors (Lipinski definition) is 2. The number of hydrogen-bond acceptors (Lipinski definition) is 5. The van der Waals surface area contributed by atoms with E-state index in [1.165, 1.54) is 0 Å². The monoisotopic (exact) mass is 218 g/mol. The van der Waals surface area contributed by atoms with Crippen molar-refractivity contribution < 1.29 is 19.1 Å². The molecule has 0 aliphatic carbocycles. The van der Waals surface area contributed by atoms with Gasteiger partial charge in [-0.2, -0.15) is 0 Å². The van der Waals surface area contributed by atoms with Crippen LogP contribution in [0.3, 0.4) is 0 Å². The van der Waals surface area contributed by atoms with Gasteiger partial charge in [-0.05, 0) is 0 Å². The molecule has 15 heavy (non-hydrogen) atoms. The predicted octanol–water partition coefficient (Wildman–Crippen LogP) is -0.941. The van der Waals surface area contributed by atoms with Crippen LogP contribution in [-0.4, -0.2) is 52.0 Å². The molecule has 0 spiro atoms. The van der Waals surface area contributed by atoms with Crippen molar-refractivity contribution in [3.8, 4) is 0 Å². The summed E-state index contributed by atoms with van der Waals surface area (Å²) in [6, 6.07) is 0.0878. The maximum Gasteiger partial charge on any atom is 0.245 e. The lowest BCUT2D eigenvalue weighted by Crippen LogP contribution is -2.44. The first-order valence-electron chi connectivity index (χ1n) is 5.03. The highest BCUT2D eigenvalue weighted by molar-refractivity contribution is 5.75. The third kappa shape index (κ3) is 5.68. The van der Waals surface area contributed by atoms with E-state index in [0.717, 1.165) is 6.54 Å². The Labute approximate surface area is 89.2 Å². The van der Waals surface area contributed by atoms with Crippen LogP contribution < -0.4 is 10.8 Å². The van der Waals surface area contributed by atoms with E-state index in [1.54, 1.807) is 7.11 Å². The Morgan fingerprint density at radius 2 is 2.47 bits per heavy atom. The van der Waals surface area contributed by atoms with E-state index in [2.05, 4.69) is 10.8 Å². The number of methoxy groups -OCH3 is 1. The number of ether oxygens (including phenoxy) is 2. The molecule has 0 saturated carbocycles. The molecule has 0 radical (unpaired) electrons. The lowest BCUT2D eigenvalue weighted by atomic mass is 10.2. The van der Waals surface area contributed by atoms with Crippen LogP contribution in [0.15, 0.2) is 0 Å². The second kappa shape index (κ2) is 7.58. The van der Waals surface area contributed by atoms with Gasteiger partial charge in [-0.25, -0.2) is 5.48 Å². The zero-order valence-electron chi connectivity index (χ0n) is 8.95. The summed E-state index contributed by atoms with van der Waals surface area (Å²) in [5.41, 5.74) is 2.35. The maximum absolute atomic E-state index is 11.3. The Bertz CT molecular complexity index is 183. The van der Waals surface area contributed by atoms with E-state index in [4.69, 9.17) is 14.3 Å². The van der Waals surface area contributed by atoms with Crippen LogP contribution in [0.2, 0.25) is 0 Å². The number of carbonyl (C=O) groups excluding carboxylic acids is 1. The van der Waals surface area contributed by atoms with Crippen molar-refractivity contribution in [1.29, 1.82) is 0 Å². The second-order valence-corrected chi connectivity index (χ2v) is 3.30. The average molecular weight is 218 g/mol. The normalized spacial score (nSPS) is 21.3. The summed E-state index contributed by atoms with van der Waals surface area (Å²) in [5.74, 6) is -0.144. The van der Waals surface area contributed by atoms with Crippen LogP contribution in [0.4, 0.5) is 0 Å². The Balaban J connectivity index is 2.01. The summed E-state index contributed by atoms with van der Waals surface area (Å²) in [4.78, 5) is 16.2. The summed E-state index contributed by atoms with van der Waals surface area (Å²) in [7, 11) is 1.58. The molecule has 1 unspecified atom stereocenters. The van der Waals surface area contributed by atoms with Crippen molar-refractivity contribution in [1.82, 2.24) is 10.8 Å². The summed E-state index contributed by atoms with van der Waals surface area (Å²) in [5, 5.41) is 3.19. The van der Waals surface area contributed by atoms with Crippen LogP contribution in [0.1, 0.15) is 6.42 Å². The molecule has 0 aromatic rings. The molecule has 0 aromatic carbocycles. The van der Waals surface area contributed by atoms with E-state index in [1.807, 2.05) is 0 Å². The van der Waals surface area contributed by atoms with Gasteiger partial charge >= 0.3 is 0 Å². The van der Waals surface area contributed by atoms with Gasteiger partial charge in [-0.15, -0.1) is 0 Å². The molecule has 6 nitrogen and oxygen atoms in total. The van der Waals surface area contributed by atoms with Crippen LogP contribution in [0.5, 0.6) is 0 Å². The summed E-state index contributed by atoms with van der Waals surface area (Å²) in [6.45, 7) is 2.90. The molecule has 1 saturated heterocycles. The third-order valence-corrected chi connectivity index (χ3v) is 2.01. The van der Waals surface area contributed by atoms with E-state index < -0.39 is 0 Å². The van der Waals surface area contributed by atoms with E-state index in [-0.39, 0.29) is 11.9 Å². The molecule has 1 amide bonds. The number of nitrogens with one attached hydrogen (secondary N) is 2. The smallest absolute Gasteiger partial charge is 0.245 e. The molecule has 6 heteroatoms. The Hall–Kier alpha value is -0.690. The molecular formula is C9H18N2O4. The summed E-state index contributed by atoms with van der Waals surface area (Å²) in [6.07, 6.45) is 0.368. The second-order valence-electron chi connectivity index (χ2n) is 3.30. The van der Waals surface area contributed by atoms with Crippen LogP contribution in [0.25, 0.3) is 0 Å². The first-order chi connectivity index (χ1) is 7.33. The fraction of sp³-hybridized carbons (Fsp3) is 0.889. The highest BCUT2D eigenvalue weighted by Gasteiger charge is 2.16. The van der Waals surface area contributed by atoms with Crippen molar-refractivity contribution in [2.75, 3.05) is 40.1 Å². The largest absolute Gasteiger partial charge is 0.382 e. The first kappa shape index (κ1) is 12.4. The van der Waals surface area contributed by atoms with Gasteiger partial charge < -0.3 is 14.8 Å². The fourth-order valence-corrected chi connectivity index (χ4v) is 1.27. The molecule has 0 bridgehead atoms. The minimum Gasteiger partial charge on any atom is -0.382 e. The van der Waals surface area contributed by atoms with Crippen LogP contribution in [-0.2, 0) is 19.1 Å². The number of amides is 1. The zero-order valence-corrected chi connectivity index (χ0v) is 8.95. The Kier molecular flexibility index (Phi) is 6.26. The minimum absolute atomic E-state index is 0.0878. The SMILES string of the molecule is COCCONC(=O)CC1COCCN1. The lowest BCUT2D eigenvalue weighted by Gasteiger charge is -2.23. The van der Waals surface area contributed by atoms with Crippen LogP contribution >= 0.6 is 0 Å². The molecule has 0 aromatic heterocycles. The van der Waals surface area contributed by atoms with Crippen molar-refractivity contribution >= 4 is 5.91 Å². The minimum atomic E-state index is -0.144. The molecule has 1 heterocycles. The van der Waals surface area contributed by atoms with Gasteiger partial charge in [-0.3, -0.25) is 9.63 Å². The lowest BCUT2D eigenvalue weighted by molar-refractivity contribution is -0.135. The van der Waals surface area contributed by atoms with Crippen molar-refractivity contribution in [2.24, 2.45) is 0 Å². The van der Waals surface area contributed by atoms with Gasteiger partial charge in [0.15, 0.2) is 0 Å². The number of morpholine rings is 1. The predicted molar refractivity (Wildman–Crippen MR) is 53.2 cm³/mol. The number of rotatable bonds is 6. The molecule has 1 atom stereocenters. The first-order valence-corrected chi connectivity index (χ1v) is 5.03. The molecule has 2 N–H and O–H groups in total. The summed E-state index contributed by atoms with van der Waals surface area (Å²) >= 11 is 0. The molecule has 1 rings (SSSR count). The van der Waals surface area contributed by atoms with Gasteiger partial charge in [0.2, 0.25) is 5.91 Å². The molecule has 88 valence electrons. The third-order valence-electron chi connectivity index (χ3n) is 2.01. The van der Waals surface area contributed by atoms with Crippen LogP contribution in [0, 0.1) is 0 Å². The highest BCUT2D eigenvalue weighted by atomic mass is 16.7. The fourth-order valence-electron chi connectivity index (χ4n) is 1.27. The van der Waals surface area contributed by atoms with Crippen molar-refractivity contribution in [3.63, 3.8) is 0 Å². The van der Waals surface area contributed by atoms with Gasteiger partial charge in [0, 0.05) is 26.1 Å². The van der Waals surface area contributed by atoms with E-state index >= 15 is 0 Å². The van der Waals surface area contributed by atoms with Gasteiger partial charge in [0.1, 0.15) is 0 Å². The summed E-state index contributed by atoms with van der Waals surface area (Å²) < 4.78 is 9.99. The quantitative estimate of drug-likeness (QED) is 0.445. The van der Waals surface area contributed by atoms with Gasteiger partial charge in [-0.1, -0.05) is 0 Å². The average Bonchev–Trinajstić information content (AvgIpc) is 2.26. The molecule has 1 fully saturated rings. The topological polar surface area (TPSA) is 68.8 Å². The van der Waals surface area contributed by atoms with E-state index in [9.17, 15) is 4.79 Å². The number of hydroxylamine groups is 1. The Morgan fingerprint density at radius 3 is 3.13 bits per heavy atom. The highest BCUT2D eigenvalue weighted by Crippen LogP contribution is 1.97.